The molecule has 0 aliphatic rings. The first-order valence-corrected chi connectivity index (χ1v) is 8.52. The van der Waals surface area contributed by atoms with E-state index in [2.05, 4.69) is 12.2 Å². The fourth-order valence-electron chi connectivity index (χ4n) is 2.26. The van der Waals surface area contributed by atoms with E-state index in [-0.39, 0.29) is 5.91 Å². The van der Waals surface area contributed by atoms with Gasteiger partial charge in [-0.3, -0.25) is 4.79 Å². The van der Waals surface area contributed by atoms with Crippen LogP contribution in [0, 0.1) is 0 Å². The molecule has 0 atom stereocenters. The van der Waals surface area contributed by atoms with E-state index < -0.39 is 5.97 Å². The summed E-state index contributed by atoms with van der Waals surface area (Å²) in [5.74, 6) is -0.995. The van der Waals surface area contributed by atoms with Crippen LogP contribution in [0.2, 0.25) is 0 Å². The van der Waals surface area contributed by atoms with Gasteiger partial charge < -0.3 is 10.4 Å². The van der Waals surface area contributed by atoms with Gasteiger partial charge in [0.1, 0.15) is 0 Å². The van der Waals surface area contributed by atoms with Gasteiger partial charge in [-0.25, -0.2) is 4.79 Å². The van der Waals surface area contributed by atoms with Crippen molar-refractivity contribution in [3.05, 3.63) is 59.7 Å². The average Bonchev–Trinajstić information content (AvgIpc) is 2.59. The van der Waals surface area contributed by atoms with Crippen LogP contribution in [0.1, 0.15) is 51.0 Å². The third-order valence-corrected chi connectivity index (χ3v) is 3.63. The van der Waals surface area contributed by atoms with Crippen LogP contribution < -0.4 is 5.32 Å². The van der Waals surface area contributed by atoms with Gasteiger partial charge in [0.05, 0.1) is 0 Å². The van der Waals surface area contributed by atoms with Gasteiger partial charge in [-0.05, 0) is 24.8 Å². The van der Waals surface area contributed by atoms with Gasteiger partial charge in [0.15, 0.2) is 0 Å². The zero-order valence-electron chi connectivity index (χ0n) is 14.3. The van der Waals surface area contributed by atoms with Crippen LogP contribution in [0.15, 0.2) is 54.1 Å². The standard InChI is InChI=1S/C20H27NO3/c1-2-3-4-6-9-17(13-15-20(23)24)12-14-19(22)21-16-18-10-7-5-8-11-18/h5,7-11,13,15H,2-4,6,12,14,16H2,1H3,(H,21,22)(H,23,24)/b15-13+,17-9+. The summed E-state index contributed by atoms with van der Waals surface area (Å²) < 4.78 is 0. The molecule has 1 rings (SSSR count). The molecule has 2 N–H and O–H groups in total. The van der Waals surface area contributed by atoms with Crippen molar-refractivity contribution in [1.82, 2.24) is 5.32 Å². The molecule has 0 heterocycles. The highest BCUT2D eigenvalue weighted by atomic mass is 16.4. The summed E-state index contributed by atoms with van der Waals surface area (Å²) in [5, 5.41) is 11.7. The molecule has 0 aromatic heterocycles. The number of hydrogen-bond acceptors (Lipinski definition) is 2. The Kier molecular flexibility index (Phi) is 9.93. The molecule has 0 aliphatic heterocycles. The van der Waals surface area contributed by atoms with Crippen molar-refractivity contribution in [1.29, 1.82) is 0 Å². The van der Waals surface area contributed by atoms with Gasteiger partial charge in [0, 0.05) is 19.0 Å². The maximum atomic E-state index is 12.0. The van der Waals surface area contributed by atoms with Crippen molar-refractivity contribution in [2.24, 2.45) is 0 Å². The second kappa shape index (κ2) is 12.1. The topological polar surface area (TPSA) is 66.4 Å². The molecule has 130 valence electrons. The highest BCUT2D eigenvalue weighted by Crippen LogP contribution is 2.11. The van der Waals surface area contributed by atoms with Gasteiger partial charge in [0.2, 0.25) is 5.91 Å². The van der Waals surface area contributed by atoms with Gasteiger partial charge in [-0.1, -0.05) is 67.8 Å². The summed E-state index contributed by atoms with van der Waals surface area (Å²) in [6.07, 6.45) is 9.98. The van der Waals surface area contributed by atoms with Crippen LogP contribution in [0.5, 0.6) is 0 Å². The quantitative estimate of drug-likeness (QED) is 0.363. The third kappa shape index (κ3) is 9.62. The summed E-state index contributed by atoms with van der Waals surface area (Å²) in [4.78, 5) is 22.6. The zero-order valence-corrected chi connectivity index (χ0v) is 14.3. The van der Waals surface area contributed by atoms with Gasteiger partial charge in [0.25, 0.3) is 0 Å². The zero-order chi connectivity index (χ0) is 17.6. The van der Waals surface area contributed by atoms with E-state index in [0.717, 1.165) is 42.9 Å². The highest BCUT2D eigenvalue weighted by Gasteiger charge is 2.03. The maximum absolute atomic E-state index is 12.0. The van der Waals surface area contributed by atoms with E-state index in [1.165, 1.54) is 0 Å². The molecule has 0 fully saturated rings. The van der Waals surface area contributed by atoms with Crippen LogP contribution in [-0.2, 0) is 16.1 Å². The van der Waals surface area contributed by atoms with E-state index in [4.69, 9.17) is 5.11 Å². The number of amides is 1. The fourth-order valence-corrected chi connectivity index (χ4v) is 2.26. The summed E-state index contributed by atoms with van der Waals surface area (Å²) in [5.41, 5.74) is 1.97. The minimum absolute atomic E-state index is 0.0259. The normalized spacial score (nSPS) is 11.6. The number of carbonyl (C=O) groups excluding carboxylic acids is 1. The number of hydrogen-bond donors (Lipinski definition) is 2. The van der Waals surface area contributed by atoms with Crippen molar-refractivity contribution in [3.8, 4) is 0 Å². The number of allylic oxidation sites excluding steroid dienone is 3. The monoisotopic (exact) mass is 329 g/mol. The Hall–Kier alpha value is -2.36. The number of benzene rings is 1. The van der Waals surface area contributed by atoms with Crippen molar-refractivity contribution >= 4 is 11.9 Å². The molecule has 4 heteroatoms. The number of rotatable bonds is 11. The molecule has 0 unspecified atom stereocenters. The molecular formula is C20H27NO3. The lowest BCUT2D eigenvalue weighted by atomic mass is 10.1. The molecule has 0 saturated heterocycles. The predicted octanol–water partition coefficient (Wildman–Crippen LogP) is 4.23. The Morgan fingerprint density at radius 1 is 1.08 bits per heavy atom. The van der Waals surface area contributed by atoms with Crippen LogP contribution >= 0.6 is 0 Å². The number of carbonyl (C=O) groups is 2. The second-order valence-electron chi connectivity index (χ2n) is 5.71. The lowest BCUT2D eigenvalue weighted by Gasteiger charge is -2.06. The van der Waals surface area contributed by atoms with Crippen molar-refractivity contribution in [2.75, 3.05) is 0 Å². The Morgan fingerprint density at radius 3 is 2.50 bits per heavy atom. The largest absolute Gasteiger partial charge is 0.478 e. The van der Waals surface area contributed by atoms with Crippen LogP contribution in [-0.4, -0.2) is 17.0 Å². The summed E-state index contributed by atoms with van der Waals surface area (Å²) in [6, 6.07) is 9.75. The smallest absolute Gasteiger partial charge is 0.328 e. The van der Waals surface area contributed by atoms with E-state index >= 15 is 0 Å². The van der Waals surface area contributed by atoms with Crippen molar-refractivity contribution < 1.29 is 14.7 Å². The first-order valence-electron chi connectivity index (χ1n) is 8.52. The Bertz CT molecular complexity index is 562. The maximum Gasteiger partial charge on any atom is 0.328 e. The van der Waals surface area contributed by atoms with Crippen molar-refractivity contribution in [3.63, 3.8) is 0 Å². The minimum atomic E-state index is -0.969. The number of nitrogens with one attached hydrogen (secondary N) is 1. The molecule has 0 radical (unpaired) electrons. The number of carboxylic acids is 1. The van der Waals surface area contributed by atoms with Gasteiger partial charge in [-0.15, -0.1) is 0 Å². The van der Waals surface area contributed by atoms with Crippen LogP contribution in [0.25, 0.3) is 0 Å². The average molecular weight is 329 g/mol. The molecule has 0 bridgehead atoms. The summed E-state index contributed by atoms with van der Waals surface area (Å²) >= 11 is 0. The number of unbranched alkanes of at least 4 members (excludes halogenated alkanes) is 3. The van der Waals surface area contributed by atoms with E-state index in [1.807, 2.05) is 36.4 Å². The molecule has 1 aromatic carbocycles. The van der Waals surface area contributed by atoms with Gasteiger partial charge >= 0.3 is 5.97 Å². The summed E-state index contributed by atoms with van der Waals surface area (Å²) in [7, 11) is 0. The molecule has 24 heavy (non-hydrogen) atoms. The number of carboxylic acid groups (broad SMARTS) is 1. The second-order valence-corrected chi connectivity index (χ2v) is 5.71. The molecule has 0 spiro atoms. The van der Waals surface area contributed by atoms with Crippen LogP contribution in [0.4, 0.5) is 0 Å². The summed E-state index contributed by atoms with van der Waals surface area (Å²) in [6.45, 7) is 2.66. The van der Waals surface area contributed by atoms with Crippen LogP contribution in [0.3, 0.4) is 0 Å². The fraction of sp³-hybridized carbons (Fsp3) is 0.400. The third-order valence-electron chi connectivity index (χ3n) is 3.63. The predicted molar refractivity (Wildman–Crippen MR) is 96.5 cm³/mol. The SMILES string of the molecule is CCCCC/C=C(/C=C/C(=O)O)CCC(=O)NCc1ccccc1. The lowest BCUT2D eigenvalue weighted by molar-refractivity contribution is -0.131. The molecule has 4 nitrogen and oxygen atoms in total. The lowest BCUT2D eigenvalue weighted by Crippen LogP contribution is -2.22. The highest BCUT2D eigenvalue weighted by molar-refractivity contribution is 5.80. The first kappa shape index (κ1) is 19.7. The van der Waals surface area contributed by atoms with E-state index in [0.29, 0.717) is 19.4 Å². The minimum Gasteiger partial charge on any atom is -0.478 e. The molecule has 1 amide bonds. The molecule has 0 aliphatic carbocycles. The molecule has 1 aromatic rings. The Balaban J connectivity index is 2.44. The molecular weight excluding hydrogens is 302 g/mol. The number of aliphatic carboxylic acids is 1. The van der Waals surface area contributed by atoms with Crippen molar-refractivity contribution in [2.45, 2.75) is 52.0 Å². The Morgan fingerprint density at radius 2 is 1.83 bits per heavy atom. The Labute approximate surface area is 144 Å². The van der Waals surface area contributed by atoms with E-state index in [9.17, 15) is 9.59 Å². The van der Waals surface area contributed by atoms with E-state index in [1.54, 1.807) is 6.08 Å². The molecule has 0 saturated carbocycles. The first-order chi connectivity index (χ1) is 11.6. The van der Waals surface area contributed by atoms with Gasteiger partial charge in [-0.2, -0.15) is 0 Å².